The van der Waals surface area contributed by atoms with E-state index in [2.05, 4.69) is 10.5 Å². The van der Waals surface area contributed by atoms with Gasteiger partial charge in [-0.3, -0.25) is 4.79 Å². The van der Waals surface area contributed by atoms with Gasteiger partial charge in [-0.05, 0) is 38.1 Å². The second kappa shape index (κ2) is 6.19. The van der Waals surface area contributed by atoms with Crippen LogP contribution in [0.2, 0.25) is 0 Å². The van der Waals surface area contributed by atoms with Crippen molar-refractivity contribution >= 4 is 17.4 Å². The Morgan fingerprint density at radius 3 is 2.47 bits per heavy atom. The molecule has 19 heavy (non-hydrogen) atoms. The lowest BCUT2D eigenvalue weighted by atomic mass is 10.0. The highest BCUT2D eigenvalue weighted by Crippen LogP contribution is 2.15. The lowest BCUT2D eigenvalue weighted by Gasteiger charge is -2.21. The summed E-state index contributed by atoms with van der Waals surface area (Å²) in [6.45, 7) is 3.68. The summed E-state index contributed by atoms with van der Waals surface area (Å²) in [5, 5.41) is 14.2. The first kappa shape index (κ1) is 15.0. The molecule has 0 unspecified atom stereocenters. The van der Waals surface area contributed by atoms with Crippen molar-refractivity contribution in [3.63, 3.8) is 0 Å². The van der Waals surface area contributed by atoms with Crippen molar-refractivity contribution in [2.24, 2.45) is 10.9 Å². The minimum atomic E-state index is -0.502. The van der Waals surface area contributed by atoms with Gasteiger partial charge in [0.1, 0.15) is 0 Å². The molecule has 0 aliphatic carbocycles. The van der Waals surface area contributed by atoms with Gasteiger partial charge in [-0.2, -0.15) is 0 Å². The van der Waals surface area contributed by atoms with Gasteiger partial charge in [0.25, 0.3) is 0 Å². The number of anilines is 1. The predicted molar refractivity (Wildman–Crippen MR) is 73.3 cm³/mol. The van der Waals surface area contributed by atoms with E-state index in [9.17, 15) is 4.79 Å². The summed E-state index contributed by atoms with van der Waals surface area (Å²) >= 11 is 0. The molecule has 1 amide bonds. The van der Waals surface area contributed by atoms with Crippen molar-refractivity contribution in [3.8, 4) is 0 Å². The van der Waals surface area contributed by atoms with Crippen LogP contribution < -0.4 is 11.1 Å². The molecule has 0 saturated heterocycles. The number of carbonyl (C=O) groups excluding carboxylic acids is 1. The Hall–Kier alpha value is -2.08. The summed E-state index contributed by atoms with van der Waals surface area (Å²) in [6.07, 6.45) is 0.255. The number of oxime groups is 1. The van der Waals surface area contributed by atoms with Crippen LogP contribution in [0.4, 0.5) is 5.69 Å². The Morgan fingerprint density at radius 1 is 1.42 bits per heavy atom. The SMILES string of the molecule is COC(C)(C)CC(=O)Nc1ccc(/C(N)=N/O)cc1. The molecule has 1 rings (SSSR count). The molecular weight excluding hydrogens is 246 g/mol. The number of hydrogen-bond donors (Lipinski definition) is 3. The monoisotopic (exact) mass is 265 g/mol. The predicted octanol–water partition coefficient (Wildman–Crippen LogP) is 1.53. The molecule has 0 spiro atoms. The van der Waals surface area contributed by atoms with E-state index in [0.29, 0.717) is 11.3 Å². The second-order valence-electron chi connectivity index (χ2n) is 4.75. The molecule has 6 heteroatoms. The van der Waals surface area contributed by atoms with Gasteiger partial charge in [0, 0.05) is 18.4 Å². The smallest absolute Gasteiger partial charge is 0.227 e. The van der Waals surface area contributed by atoms with Crippen LogP contribution in [-0.2, 0) is 9.53 Å². The quantitative estimate of drug-likeness (QED) is 0.325. The van der Waals surface area contributed by atoms with Gasteiger partial charge in [-0.1, -0.05) is 5.16 Å². The standard InChI is InChI=1S/C13H19N3O3/c1-13(2,19-3)8-11(17)15-10-6-4-9(5-7-10)12(14)16-18/h4-7,18H,8H2,1-3H3,(H2,14,16)(H,15,17). The minimum absolute atomic E-state index is 0.0263. The number of carbonyl (C=O) groups is 1. The summed E-state index contributed by atoms with van der Waals surface area (Å²) in [5.74, 6) is -0.109. The molecule has 0 fully saturated rings. The van der Waals surface area contributed by atoms with Gasteiger partial charge >= 0.3 is 0 Å². The van der Waals surface area contributed by atoms with Crippen molar-refractivity contribution < 1.29 is 14.7 Å². The van der Waals surface area contributed by atoms with Crippen LogP contribution in [0.5, 0.6) is 0 Å². The van der Waals surface area contributed by atoms with Crippen LogP contribution in [-0.4, -0.2) is 29.7 Å². The maximum atomic E-state index is 11.8. The third kappa shape index (κ3) is 4.59. The number of rotatable bonds is 5. The van der Waals surface area contributed by atoms with Crippen LogP contribution in [0.3, 0.4) is 0 Å². The fraction of sp³-hybridized carbons (Fsp3) is 0.385. The van der Waals surface area contributed by atoms with Crippen LogP contribution in [0.1, 0.15) is 25.8 Å². The van der Waals surface area contributed by atoms with Gasteiger partial charge in [0.2, 0.25) is 5.91 Å². The normalized spacial score (nSPS) is 12.3. The first-order valence-electron chi connectivity index (χ1n) is 5.81. The van der Waals surface area contributed by atoms with E-state index in [-0.39, 0.29) is 18.2 Å². The van der Waals surface area contributed by atoms with Gasteiger partial charge < -0.3 is 21.0 Å². The number of amidine groups is 1. The Bertz CT molecular complexity index is 467. The van der Waals surface area contributed by atoms with Gasteiger partial charge in [-0.15, -0.1) is 0 Å². The minimum Gasteiger partial charge on any atom is -0.409 e. The first-order chi connectivity index (χ1) is 8.88. The third-order valence-corrected chi connectivity index (χ3v) is 2.71. The Balaban J connectivity index is 2.66. The molecule has 0 radical (unpaired) electrons. The molecule has 0 heterocycles. The Kier molecular flexibility index (Phi) is 4.88. The fourth-order valence-corrected chi connectivity index (χ4v) is 1.45. The van der Waals surface area contributed by atoms with Crippen LogP contribution in [0.15, 0.2) is 29.4 Å². The summed E-state index contributed by atoms with van der Waals surface area (Å²) in [7, 11) is 1.57. The molecule has 0 aliphatic heterocycles. The van der Waals surface area contributed by atoms with E-state index in [1.165, 1.54) is 0 Å². The molecule has 0 atom stereocenters. The van der Waals surface area contributed by atoms with Gasteiger partial charge in [-0.25, -0.2) is 0 Å². The maximum Gasteiger partial charge on any atom is 0.227 e. The number of nitrogens with two attached hydrogens (primary N) is 1. The van der Waals surface area contributed by atoms with E-state index < -0.39 is 5.60 Å². The Labute approximate surface area is 112 Å². The van der Waals surface area contributed by atoms with Crippen LogP contribution in [0, 0.1) is 0 Å². The molecule has 0 aliphatic rings. The lowest BCUT2D eigenvalue weighted by molar-refractivity contribution is -0.121. The van der Waals surface area contributed by atoms with Gasteiger partial charge in [0.05, 0.1) is 12.0 Å². The highest BCUT2D eigenvalue weighted by atomic mass is 16.5. The molecular formula is C13H19N3O3. The zero-order valence-electron chi connectivity index (χ0n) is 11.3. The molecule has 6 nitrogen and oxygen atoms in total. The average Bonchev–Trinajstić information content (AvgIpc) is 2.38. The van der Waals surface area contributed by atoms with Crippen molar-refractivity contribution in [1.29, 1.82) is 0 Å². The Morgan fingerprint density at radius 2 is 2.00 bits per heavy atom. The zero-order chi connectivity index (χ0) is 14.5. The number of ether oxygens (including phenoxy) is 1. The highest BCUT2D eigenvalue weighted by molar-refractivity contribution is 5.98. The summed E-state index contributed by atoms with van der Waals surface area (Å²) < 4.78 is 5.19. The molecule has 0 saturated carbocycles. The van der Waals surface area contributed by atoms with Crippen molar-refractivity contribution in [3.05, 3.63) is 29.8 Å². The summed E-state index contributed by atoms with van der Waals surface area (Å²) in [5.41, 5.74) is 6.17. The highest BCUT2D eigenvalue weighted by Gasteiger charge is 2.20. The van der Waals surface area contributed by atoms with E-state index in [1.54, 1.807) is 31.4 Å². The third-order valence-electron chi connectivity index (χ3n) is 2.71. The van der Waals surface area contributed by atoms with Crippen LogP contribution >= 0.6 is 0 Å². The zero-order valence-corrected chi connectivity index (χ0v) is 11.3. The van der Waals surface area contributed by atoms with Crippen LogP contribution in [0.25, 0.3) is 0 Å². The average molecular weight is 265 g/mol. The number of hydrogen-bond acceptors (Lipinski definition) is 4. The largest absolute Gasteiger partial charge is 0.409 e. The topological polar surface area (TPSA) is 96.9 Å². The van der Waals surface area contributed by atoms with Crippen molar-refractivity contribution in [1.82, 2.24) is 0 Å². The molecule has 0 bridgehead atoms. The lowest BCUT2D eigenvalue weighted by Crippen LogP contribution is -2.29. The fourth-order valence-electron chi connectivity index (χ4n) is 1.45. The van der Waals surface area contributed by atoms with E-state index in [4.69, 9.17) is 15.7 Å². The summed E-state index contributed by atoms with van der Waals surface area (Å²) in [4.78, 5) is 11.8. The number of nitrogens with zero attached hydrogens (tertiary/aromatic N) is 1. The van der Waals surface area contributed by atoms with Crippen molar-refractivity contribution in [2.45, 2.75) is 25.9 Å². The molecule has 1 aromatic carbocycles. The number of nitrogens with one attached hydrogen (secondary N) is 1. The number of amides is 1. The number of benzene rings is 1. The number of methoxy groups -OCH3 is 1. The van der Waals surface area contributed by atoms with Crippen molar-refractivity contribution in [2.75, 3.05) is 12.4 Å². The van der Waals surface area contributed by atoms with Gasteiger partial charge in [0.15, 0.2) is 5.84 Å². The van der Waals surface area contributed by atoms with E-state index in [1.807, 2.05) is 13.8 Å². The van der Waals surface area contributed by atoms with E-state index >= 15 is 0 Å². The maximum absolute atomic E-state index is 11.8. The molecule has 4 N–H and O–H groups in total. The summed E-state index contributed by atoms with van der Waals surface area (Å²) in [6, 6.07) is 6.69. The molecule has 1 aromatic rings. The first-order valence-corrected chi connectivity index (χ1v) is 5.81. The second-order valence-corrected chi connectivity index (χ2v) is 4.75. The molecule has 104 valence electrons. The molecule has 0 aromatic heterocycles. The van der Waals surface area contributed by atoms with E-state index in [0.717, 1.165) is 0 Å².